The minimum Gasteiger partial charge on any atom is -0.369 e. The molecular formula is C17H25N3OS. The van der Waals surface area contributed by atoms with E-state index in [-0.39, 0.29) is 11.8 Å². The Kier molecular flexibility index (Phi) is 5.77. The van der Waals surface area contributed by atoms with Crippen LogP contribution in [0.25, 0.3) is 0 Å². The Labute approximate surface area is 138 Å². The average Bonchev–Trinajstić information content (AvgIpc) is 2.55. The van der Waals surface area contributed by atoms with Crippen molar-refractivity contribution in [3.05, 3.63) is 29.3 Å². The van der Waals surface area contributed by atoms with E-state index in [9.17, 15) is 4.79 Å². The number of amides is 1. The fourth-order valence-electron chi connectivity index (χ4n) is 2.98. The number of nitrogens with one attached hydrogen (secondary N) is 1. The number of thiocarbonyl (C=S) groups is 1. The summed E-state index contributed by atoms with van der Waals surface area (Å²) in [7, 11) is 0. The standard InChI is InChI=1S/C17H25N3OS/c1-3-12-7-5-8-13(4-2)15(12)19-17(22)20-10-6-9-14(11-20)16(18)21/h5,7-8,14H,3-4,6,9-11H2,1-2H3,(H2,18,21)(H,19,22)/t14-/m1/s1. The van der Waals surface area contributed by atoms with E-state index in [1.807, 2.05) is 0 Å². The SMILES string of the molecule is CCc1cccc(CC)c1NC(=S)N1CCC[C@@H](C(N)=O)C1. The summed E-state index contributed by atoms with van der Waals surface area (Å²) in [6.45, 7) is 5.79. The van der Waals surface area contributed by atoms with Crippen LogP contribution in [0.3, 0.4) is 0 Å². The van der Waals surface area contributed by atoms with Crippen molar-refractivity contribution >= 4 is 28.9 Å². The molecule has 22 heavy (non-hydrogen) atoms. The van der Waals surface area contributed by atoms with Gasteiger partial charge in [-0.1, -0.05) is 32.0 Å². The number of primary amides is 1. The normalized spacial score (nSPS) is 18.1. The lowest BCUT2D eigenvalue weighted by molar-refractivity contribution is -0.122. The molecule has 1 atom stereocenters. The number of rotatable bonds is 4. The number of benzene rings is 1. The zero-order chi connectivity index (χ0) is 16.1. The van der Waals surface area contributed by atoms with Gasteiger partial charge in [0.2, 0.25) is 5.91 Å². The highest BCUT2D eigenvalue weighted by Crippen LogP contribution is 2.24. The molecule has 0 saturated carbocycles. The van der Waals surface area contributed by atoms with Gasteiger partial charge in [-0.05, 0) is 49.0 Å². The third-order valence-corrected chi connectivity index (χ3v) is 4.70. The molecule has 5 heteroatoms. The van der Waals surface area contributed by atoms with Crippen LogP contribution in [-0.4, -0.2) is 29.0 Å². The first kappa shape index (κ1) is 16.7. The molecule has 1 heterocycles. The van der Waals surface area contributed by atoms with Crippen molar-refractivity contribution in [2.24, 2.45) is 11.7 Å². The van der Waals surface area contributed by atoms with E-state index in [1.165, 1.54) is 11.1 Å². The minimum atomic E-state index is -0.226. The molecule has 1 saturated heterocycles. The molecule has 0 aliphatic carbocycles. The maximum Gasteiger partial charge on any atom is 0.222 e. The van der Waals surface area contributed by atoms with Crippen LogP contribution in [0.5, 0.6) is 0 Å². The number of para-hydroxylation sites is 1. The Morgan fingerprint density at radius 3 is 2.55 bits per heavy atom. The topological polar surface area (TPSA) is 58.4 Å². The largest absolute Gasteiger partial charge is 0.369 e. The Morgan fingerprint density at radius 2 is 2.00 bits per heavy atom. The minimum absolute atomic E-state index is 0.0967. The van der Waals surface area contributed by atoms with Gasteiger partial charge < -0.3 is 16.0 Å². The second-order valence-electron chi connectivity index (χ2n) is 5.78. The van der Waals surface area contributed by atoms with Crippen molar-refractivity contribution < 1.29 is 4.79 Å². The van der Waals surface area contributed by atoms with E-state index in [4.69, 9.17) is 18.0 Å². The van der Waals surface area contributed by atoms with Crippen LogP contribution in [0.4, 0.5) is 5.69 Å². The molecule has 120 valence electrons. The van der Waals surface area contributed by atoms with Crippen LogP contribution in [0.2, 0.25) is 0 Å². The highest BCUT2D eigenvalue weighted by molar-refractivity contribution is 7.80. The van der Waals surface area contributed by atoms with Gasteiger partial charge in [0.25, 0.3) is 0 Å². The average molecular weight is 319 g/mol. The molecular weight excluding hydrogens is 294 g/mol. The number of nitrogens with two attached hydrogens (primary N) is 1. The van der Waals surface area contributed by atoms with Crippen LogP contribution < -0.4 is 11.1 Å². The summed E-state index contributed by atoms with van der Waals surface area (Å²) in [6, 6.07) is 6.36. The second-order valence-corrected chi connectivity index (χ2v) is 6.16. The molecule has 0 radical (unpaired) electrons. The molecule has 3 N–H and O–H groups in total. The van der Waals surface area contributed by atoms with Gasteiger partial charge in [-0.25, -0.2) is 0 Å². The zero-order valence-electron chi connectivity index (χ0n) is 13.4. The van der Waals surface area contributed by atoms with Crippen molar-refractivity contribution in [1.29, 1.82) is 0 Å². The third-order valence-electron chi connectivity index (χ3n) is 4.34. The fraction of sp³-hybridized carbons (Fsp3) is 0.529. The maximum atomic E-state index is 11.4. The highest BCUT2D eigenvalue weighted by Gasteiger charge is 2.25. The van der Waals surface area contributed by atoms with Gasteiger partial charge in [0.05, 0.1) is 5.92 Å². The number of hydrogen-bond acceptors (Lipinski definition) is 2. The molecule has 1 aromatic carbocycles. The Balaban J connectivity index is 2.13. The van der Waals surface area contributed by atoms with Crippen LogP contribution in [0.15, 0.2) is 18.2 Å². The van der Waals surface area contributed by atoms with Gasteiger partial charge in [0, 0.05) is 18.8 Å². The van der Waals surface area contributed by atoms with Crippen molar-refractivity contribution in [2.75, 3.05) is 18.4 Å². The molecule has 1 fully saturated rings. The van der Waals surface area contributed by atoms with Gasteiger partial charge in [0.15, 0.2) is 5.11 Å². The van der Waals surface area contributed by atoms with E-state index < -0.39 is 0 Å². The zero-order valence-corrected chi connectivity index (χ0v) is 14.2. The molecule has 1 aliphatic rings. The van der Waals surface area contributed by atoms with E-state index in [0.29, 0.717) is 11.7 Å². The number of piperidine rings is 1. The summed E-state index contributed by atoms with van der Waals surface area (Å²) in [6.07, 6.45) is 3.73. The van der Waals surface area contributed by atoms with Crippen LogP contribution in [0, 0.1) is 5.92 Å². The number of nitrogens with zero attached hydrogens (tertiary/aromatic N) is 1. The molecule has 1 amide bonds. The lowest BCUT2D eigenvalue weighted by Gasteiger charge is -2.33. The predicted molar refractivity (Wildman–Crippen MR) is 94.9 cm³/mol. The Hall–Kier alpha value is -1.62. The lowest BCUT2D eigenvalue weighted by atomic mass is 9.98. The van der Waals surface area contributed by atoms with Crippen molar-refractivity contribution in [3.8, 4) is 0 Å². The van der Waals surface area contributed by atoms with Crippen LogP contribution >= 0.6 is 12.2 Å². The quantitative estimate of drug-likeness (QED) is 0.838. The summed E-state index contributed by atoms with van der Waals surface area (Å²) in [5, 5.41) is 4.11. The van der Waals surface area contributed by atoms with E-state index in [0.717, 1.165) is 37.9 Å². The summed E-state index contributed by atoms with van der Waals surface area (Å²) >= 11 is 5.57. The second kappa shape index (κ2) is 7.58. The Bertz CT molecular complexity index is 537. The molecule has 0 aromatic heterocycles. The molecule has 2 rings (SSSR count). The lowest BCUT2D eigenvalue weighted by Crippen LogP contribution is -2.45. The number of likely N-dealkylation sites (tertiary alicyclic amines) is 1. The van der Waals surface area contributed by atoms with Crippen LogP contribution in [-0.2, 0) is 17.6 Å². The van der Waals surface area contributed by atoms with E-state index >= 15 is 0 Å². The van der Waals surface area contributed by atoms with Crippen molar-refractivity contribution in [3.63, 3.8) is 0 Å². The number of anilines is 1. The third kappa shape index (κ3) is 3.77. The fourth-order valence-corrected chi connectivity index (χ4v) is 3.25. The number of aryl methyl sites for hydroxylation is 2. The van der Waals surface area contributed by atoms with Gasteiger partial charge in [0.1, 0.15) is 0 Å². The first-order chi connectivity index (χ1) is 10.6. The first-order valence-electron chi connectivity index (χ1n) is 8.02. The maximum absolute atomic E-state index is 11.4. The summed E-state index contributed by atoms with van der Waals surface area (Å²) in [5.41, 5.74) is 9.11. The first-order valence-corrected chi connectivity index (χ1v) is 8.43. The Morgan fingerprint density at radius 1 is 1.36 bits per heavy atom. The van der Waals surface area contributed by atoms with Gasteiger partial charge in [-0.15, -0.1) is 0 Å². The van der Waals surface area contributed by atoms with Crippen molar-refractivity contribution in [2.45, 2.75) is 39.5 Å². The molecule has 1 aromatic rings. The molecule has 4 nitrogen and oxygen atoms in total. The highest BCUT2D eigenvalue weighted by atomic mass is 32.1. The van der Waals surface area contributed by atoms with Gasteiger partial charge in [-0.2, -0.15) is 0 Å². The van der Waals surface area contributed by atoms with Crippen LogP contribution in [0.1, 0.15) is 37.8 Å². The monoisotopic (exact) mass is 319 g/mol. The van der Waals surface area contributed by atoms with E-state index in [2.05, 4.69) is 42.3 Å². The molecule has 0 bridgehead atoms. The molecule has 0 unspecified atom stereocenters. The van der Waals surface area contributed by atoms with E-state index in [1.54, 1.807) is 0 Å². The summed E-state index contributed by atoms with van der Waals surface area (Å²) < 4.78 is 0. The number of carbonyl (C=O) groups excluding carboxylic acids is 1. The molecule has 0 spiro atoms. The van der Waals surface area contributed by atoms with Crippen molar-refractivity contribution in [1.82, 2.24) is 4.90 Å². The van der Waals surface area contributed by atoms with Gasteiger partial charge in [-0.3, -0.25) is 4.79 Å². The van der Waals surface area contributed by atoms with Gasteiger partial charge >= 0.3 is 0 Å². The number of hydrogen-bond donors (Lipinski definition) is 2. The summed E-state index contributed by atoms with van der Waals surface area (Å²) in [4.78, 5) is 13.5. The summed E-state index contributed by atoms with van der Waals surface area (Å²) in [5.74, 6) is -0.323. The molecule has 1 aliphatic heterocycles. The number of carbonyl (C=O) groups is 1. The smallest absolute Gasteiger partial charge is 0.222 e. The predicted octanol–water partition coefficient (Wildman–Crippen LogP) is 2.71.